The standard InChI is InChI=1S/C18H22N2O6/c1-17(2)12-4-5-18(17,3)13(8-12)10-26-16(21)11-6-14(19(22)23)9-15(7-11)20(24)25/h6-7,9,12-13H,4-5,8,10H2,1-3H3/t12-,13+,18-/m1/s1. The van der Waals surface area contributed by atoms with Gasteiger partial charge in [-0.2, -0.15) is 0 Å². The summed E-state index contributed by atoms with van der Waals surface area (Å²) in [4.78, 5) is 32.7. The number of esters is 1. The third-order valence-corrected chi connectivity index (χ3v) is 6.95. The molecule has 0 radical (unpaired) electrons. The molecule has 140 valence electrons. The van der Waals surface area contributed by atoms with Crippen LogP contribution in [0.4, 0.5) is 11.4 Å². The molecule has 0 aliphatic heterocycles. The van der Waals surface area contributed by atoms with E-state index >= 15 is 0 Å². The summed E-state index contributed by atoms with van der Waals surface area (Å²) in [6.45, 7) is 6.98. The Balaban J connectivity index is 1.75. The van der Waals surface area contributed by atoms with Gasteiger partial charge in [0, 0.05) is 12.1 Å². The van der Waals surface area contributed by atoms with Crippen molar-refractivity contribution >= 4 is 17.3 Å². The number of rotatable bonds is 5. The summed E-state index contributed by atoms with van der Waals surface area (Å²) >= 11 is 0. The van der Waals surface area contributed by atoms with Gasteiger partial charge >= 0.3 is 5.97 Å². The molecule has 2 saturated carbocycles. The highest BCUT2D eigenvalue weighted by Gasteiger charge is 2.61. The van der Waals surface area contributed by atoms with Crippen LogP contribution in [0.2, 0.25) is 0 Å². The molecule has 8 heteroatoms. The summed E-state index contributed by atoms with van der Waals surface area (Å²) in [7, 11) is 0. The highest BCUT2D eigenvalue weighted by Crippen LogP contribution is 2.68. The van der Waals surface area contributed by atoms with Gasteiger partial charge in [0.25, 0.3) is 11.4 Å². The molecule has 0 unspecified atom stereocenters. The lowest BCUT2D eigenvalue weighted by Crippen LogP contribution is -2.34. The maximum Gasteiger partial charge on any atom is 0.338 e. The van der Waals surface area contributed by atoms with E-state index in [2.05, 4.69) is 20.8 Å². The summed E-state index contributed by atoms with van der Waals surface area (Å²) in [5, 5.41) is 21.9. The summed E-state index contributed by atoms with van der Waals surface area (Å²) in [6.07, 6.45) is 3.27. The zero-order valence-electron chi connectivity index (χ0n) is 15.1. The fraction of sp³-hybridized carbons (Fsp3) is 0.611. The van der Waals surface area contributed by atoms with Crippen LogP contribution in [0.3, 0.4) is 0 Å². The van der Waals surface area contributed by atoms with E-state index in [9.17, 15) is 25.0 Å². The smallest absolute Gasteiger partial charge is 0.338 e. The van der Waals surface area contributed by atoms with E-state index < -0.39 is 27.2 Å². The Kier molecular flexibility index (Phi) is 4.24. The number of hydrogen-bond acceptors (Lipinski definition) is 6. The van der Waals surface area contributed by atoms with Crippen LogP contribution in [0.5, 0.6) is 0 Å². The summed E-state index contributed by atoms with van der Waals surface area (Å²) < 4.78 is 5.41. The predicted molar refractivity (Wildman–Crippen MR) is 92.8 cm³/mol. The Morgan fingerprint density at radius 3 is 2.15 bits per heavy atom. The normalized spacial score (nSPS) is 28.7. The van der Waals surface area contributed by atoms with E-state index in [1.807, 2.05) is 0 Å². The van der Waals surface area contributed by atoms with Crippen LogP contribution in [0.15, 0.2) is 18.2 Å². The Morgan fingerprint density at radius 2 is 1.73 bits per heavy atom. The lowest BCUT2D eigenvalue weighted by Gasteiger charge is -2.39. The summed E-state index contributed by atoms with van der Waals surface area (Å²) in [5.74, 6) is 0.0740. The van der Waals surface area contributed by atoms with Gasteiger partial charge in [0.15, 0.2) is 0 Å². The number of benzene rings is 1. The number of nitrogens with zero attached hydrogens (tertiary/aromatic N) is 2. The van der Waals surface area contributed by atoms with Crippen molar-refractivity contribution in [3.05, 3.63) is 44.0 Å². The second-order valence-corrected chi connectivity index (χ2v) is 8.16. The highest BCUT2D eigenvalue weighted by atomic mass is 16.6. The zero-order valence-corrected chi connectivity index (χ0v) is 15.1. The molecular formula is C18H22N2O6. The average molecular weight is 362 g/mol. The molecule has 0 heterocycles. The van der Waals surface area contributed by atoms with Gasteiger partial charge in [-0.05, 0) is 41.9 Å². The first-order valence-electron chi connectivity index (χ1n) is 8.67. The number of fused-ring (bicyclic) bond motifs is 2. The van der Waals surface area contributed by atoms with Crippen LogP contribution < -0.4 is 0 Å². The van der Waals surface area contributed by atoms with Crippen LogP contribution in [-0.2, 0) is 4.74 Å². The molecule has 0 saturated heterocycles. The molecule has 3 rings (SSSR count). The van der Waals surface area contributed by atoms with Crippen LogP contribution >= 0.6 is 0 Å². The molecule has 1 aromatic rings. The van der Waals surface area contributed by atoms with Gasteiger partial charge in [0.05, 0.1) is 28.1 Å². The zero-order chi connectivity index (χ0) is 19.3. The molecule has 0 N–H and O–H groups in total. The van der Waals surface area contributed by atoms with Crippen molar-refractivity contribution in [2.24, 2.45) is 22.7 Å². The minimum Gasteiger partial charge on any atom is -0.462 e. The molecule has 3 atom stereocenters. The van der Waals surface area contributed by atoms with Crippen molar-refractivity contribution in [1.82, 2.24) is 0 Å². The Hall–Kier alpha value is -2.51. The van der Waals surface area contributed by atoms with Gasteiger partial charge in [0.1, 0.15) is 0 Å². The van der Waals surface area contributed by atoms with Crippen LogP contribution in [0.1, 0.15) is 50.4 Å². The second kappa shape index (κ2) is 6.03. The molecular weight excluding hydrogens is 340 g/mol. The monoisotopic (exact) mass is 362 g/mol. The first-order chi connectivity index (χ1) is 12.1. The van der Waals surface area contributed by atoms with Crippen LogP contribution in [-0.4, -0.2) is 22.4 Å². The van der Waals surface area contributed by atoms with Gasteiger partial charge < -0.3 is 4.74 Å². The SMILES string of the molecule is CC1(C)[C@@H]2CC[C@]1(C)[C@H](COC(=O)c1cc([N+](=O)[O-])cc([N+](=O)[O-])c1)C2. The molecule has 0 aromatic heterocycles. The number of hydrogen-bond donors (Lipinski definition) is 0. The topological polar surface area (TPSA) is 113 Å². The maximum atomic E-state index is 12.4. The molecule has 26 heavy (non-hydrogen) atoms. The number of ether oxygens (including phenoxy) is 1. The van der Waals surface area contributed by atoms with Gasteiger partial charge in [-0.3, -0.25) is 20.2 Å². The molecule has 2 aliphatic carbocycles. The first-order valence-corrected chi connectivity index (χ1v) is 8.67. The third-order valence-electron chi connectivity index (χ3n) is 6.95. The predicted octanol–water partition coefficient (Wildman–Crippen LogP) is 4.12. The summed E-state index contributed by atoms with van der Waals surface area (Å²) in [6, 6.07) is 2.86. The average Bonchev–Trinajstić information content (AvgIpc) is 2.92. The van der Waals surface area contributed by atoms with Gasteiger partial charge in [-0.1, -0.05) is 20.8 Å². The molecule has 0 amide bonds. The number of carbonyl (C=O) groups excluding carboxylic acids is 1. The van der Waals surface area contributed by atoms with E-state index in [-0.39, 0.29) is 28.9 Å². The number of non-ortho nitro benzene ring substituents is 2. The number of nitro benzene ring substituents is 2. The quantitative estimate of drug-likeness (QED) is 0.442. The van der Waals surface area contributed by atoms with Crippen LogP contribution in [0, 0.1) is 42.9 Å². The first kappa shape index (κ1) is 18.3. The van der Waals surface area contributed by atoms with E-state index in [0.717, 1.165) is 31.0 Å². The van der Waals surface area contributed by atoms with Crippen molar-refractivity contribution < 1.29 is 19.4 Å². The van der Waals surface area contributed by atoms with E-state index in [1.54, 1.807) is 0 Å². The number of carbonyl (C=O) groups is 1. The lowest BCUT2D eigenvalue weighted by atomic mass is 9.67. The fourth-order valence-corrected chi connectivity index (χ4v) is 4.81. The van der Waals surface area contributed by atoms with Crippen molar-refractivity contribution in [1.29, 1.82) is 0 Å². The Morgan fingerprint density at radius 1 is 1.15 bits per heavy atom. The van der Waals surface area contributed by atoms with Gasteiger partial charge in [-0.25, -0.2) is 4.79 Å². The minimum absolute atomic E-state index is 0.0899. The Bertz CT molecular complexity index is 758. The van der Waals surface area contributed by atoms with E-state index in [0.29, 0.717) is 5.92 Å². The van der Waals surface area contributed by atoms with Crippen molar-refractivity contribution in [3.63, 3.8) is 0 Å². The molecule has 2 fully saturated rings. The van der Waals surface area contributed by atoms with Gasteiger partial charge in [-0.15, -0.1) is 0 Å². The maximum absolute atomic E-state index is 12.4. The molecule has 0 spiro atoms. The van der Waals surface area contributed by atoms with Crippen molar-refractivity contribution in [2.45, 2.75) is 40.0 Å². The third kappa shape index (κ3) is 2.73. The highest BCUT2D eigenvalue weighted by molar-refractivity contribution is 5.91. The van der Waals surface area contributed by atoms with Crippen LogP contribution in [0.25, 0.3) is 0 Å². The Labute approximate surface area is 150 Å². The van der Waals surface area contributed by atoms with Gasteiger partial charge in [0.2, 0.25) is 0 Å². The summed E-state index contributed by atoms with van der Waals surface area (Å²) in [5.41, 5.74) is -0.891. The number of nitro groups is 2. The largest absolute Gasteiger partial charge is 0.462 e. The van der Waals surface area contributed by atoms with Crippen molar-refractivity contribution in [2.75, 3.05) is 6.61 Å². The molecule has 8 nitrogen and oxygen atoms in total. The molecule has 1 aromatic carbocycles. The van der Waals surface area contributed by atoms with Crippen molar-refractivity contribution in [3.8, 4) is 0 Å². The fourth-order valence-electron chi connectivity index (χ4n) is 4.81. The van der Waals surface area contributed by atoms with E-state index in [4.69, 9.17) is 4.74 Å². The second-order valence-electron chi connectivity index (χ2n) is 8.16. The molecule has 2 aliphatic rings. The van der Waals surface area contributed by atoms with E-state index in [1.165, 1.54) is 6.42 Å². The molecule has 2 bridgehead atoms. The lowest BCUT2D eigenvalue weighted by molar-refractivity contribution is -0.394. The minimum atomic E-state index is -0.763.